The first-order valence-electron chi connectivity index (χ1n) is 10.6. The number of halogens is 1. The van der Waals surface area contributed by atoms with Crippen LogP contribution in [0.25, 0.3) is 21.4 Å². The Morgan fingerprint density at radius 2 is 1.89 bits per heavy atom. The predicted octanol–water partition coefficient (Wildman–Crippen LogP) is 4.96. The Labute approximate surface area is 217 Å². The second kappa shape index (κ2) is 11.4. The maximum atomic E-state index is 12.5. The molecule has 12 heteroatoms. The number of anilines is 1. The molecule has 0 saturated heterocycles. The lowest BCUT2D eigenvalue weighted by Crippen LogP contribution is -2.32. The lowest BCUT2D eigenvalue weighted by atomic mass is 10.1. The van der Waals surface area contributed by atoms with E-state index in [1.165, 1.54) is 17.6 Å². The Hall–Kier alpha value is -3.67. The van der Waals surface area contributed by atoms with Gasteiger partial charge >= 0.3 is 11.9 Å². The van der Waals surface area contributed by atoms with Gasteiger partial charge in [0.25, 0.3) is 11.8 Å². The van der Waals surface area contributed by atoms with Crippen LogP contribution in [-0.4, -0.2) is 43.5 Å². The Morgan fingerprint density at radius 1 is 1.08 bits per heavy atom. The molecule has 1 aromatic carbocycles. The van der Waals surface area contributed by atoms with Crippen molar-refractivity contribution in [2.24, 2.45) is 0 Å². The van der Waals surface area contributed by atoms with Gasteiger partial charge in [0.1, 0.15) is 27.7 Å². The number of nitrogens with one attached hydrogen (secondary N) is 2. The maximum absolute atomic E-state index is 12.5. The fourth-order valence-corrected chi connectivity index (χ4v) is 5.61. The summed E-state index contributed by atoms with van der Waals surface area (Å²) >= 11 is 8.59. The van der Waals surface area contributed by atoms with Gasteiger partial charge in [0.2, 0.25) is 0 Å². The normalized spacial score (nSPS) is 10.7. The van der Waals surface area contributed by atoms with Crippen LogP contribution < -0.4 is 10.6 Å². The number of benzene rings is 1. The van der Waals surface area contributed by atoms with Crippen molar-refractivity contribution < 1.29 is 33.1 Å². The molecule has 4 aromatic rings. The van der Waals surface area contributed by atoms with E-state index in [-0.39, 0.29) is 22.0 Å². The number of rotatable bonds is 9. The topological polar surface area (TPSA) is 124 Å². The molecule has 0 saturated carbocycles. The highest BCUT2D eigenvalue weighted by atomic mass is 35.5. The van der Waals surface area contributed by atoms with Gasteiger partial charge in [-0.05, 0) is 25.1 Å². The zero-order valence-electron chi connectivity index (χ0n) is 18.8. The summed E-state index contributed by atoms with van der Waals surface area (Å²) in [6.45, 7) is 0.749. The molecule has 0 aliphatic rings. The quantitative estimate of drug-likeness (QED) is 0.284. The number of thiophene rings is 2. The van der Waals surface area contributed by atoms with Crippen LogP contribution in [0, 0.1) is 0 Å². The van der Waals surface area contributed by atoms with Crippen LogP contribution in [0.3, 0.4) is 0 Å². The highest BCUT2D eigenvalue weighted by molar-refractivity contribution is 7.21. The zero-order valence-corrected chi connectivity index (χ0v) is 21.2. The van der Waals surface area contributed by atoms with Gasteiger partial charge < -0.3 is 24.5 Å². The van der Waals surface area contributed by atoms with E-state index in [2.05, 4.69) is 10.6 Å². The molecule has 4 rings (SSSR count). The molecule has 0 unspecified atom stereocenters. The molecule has 36 heavy (non-hydrogen) atoms. The van der Waals surface area contributed by atoms with Crippen molar-refractivity contribution in [3.05, 3.63) is 63.5 Å². The molecule has 186 valence electrons. The SMILES string of the molecule is CCOC(=O)c1c(-c2ccco2)csc1NC(=O)COC(=O)CNC(=O)c1sc2ccccc2c1Cl. The summed E-state index contributed by atoms with van der Waals surface area (Å²) in [6, 6.07) is 10.6. The highest BCUT2D eigenvalue weighted by Gasteiger charge is 2.24. The Morgan fingerprint density at radius 3 is 2.61 bits per heavy atom. The van der Waals surface area contributed by atoms with Gasteiger partial charge in [0.05, 0.1) is 17.9 Å². The van der Waals surface area contributed by atoms with Crippen molar-refractivity contribution in [3.8, 4) is 11.3 Å². The van der Waals surface area contributed by atoms with E-state index < -0.39 is 36.9 Å². The number of carbonyl (C=O) groups is 4. The third kappa shape index (κ3) is 5.59. The van der Waals surface area contributed by atoms with E-state index in [1.807, 2.05) is 18.2 Å². The van der Waals surface area contributed by atoms with E-state index in [0.717, 1.165) is 21.4 Å². The molecule has 0 aliphatic carbocycles. The second-order valence-corrected chi connectivity index (χ2v) is 9.49. The monoisotopic (exact) mass is 546 g/mol. The molecule has 3 heterocycles. The van der Waals surface area contributed by atoms with Crippen LogP contribution in [0.1, 0.15) is 27.0 Å². The minimum atomic E-state index is -0.816. The van der Waals surface area contributed by atoms with Gasteiger partial charge in [0, 0.05) is 21.0 Å². The first-order chi connectivity index (χ1) is 17.4. The van der Waals surface area contributed by atoms with Crippen LogP contribution in [0.2, 0.25) is 5.02 Å². The number of carbonyl (C=O) groups excluding carboxylic acids is 4. The second-order valence-electron chi connectivity index (χ2n) is 7.18. The highest BCUT2D eigenvalue weighted by Crippen LogP contribution is 2.37. The molecule has 2 N–H and O–H groups in total. The Balaban J connectivity index is 1.32. The first-order valence-corrected chi connectivity index (χ1v) is 12.7. The van der Waals surface area contributed by atoms with E-state index in [1.54, 1.807) is 30.5 Å². The third-order valence-electron chi connectivity index (χ3n) is 4.81. The number of esters is 2. The van der Waals surface area contributed by atoms with E-state index >= 15 is 0 Å². The van der Waals surface area contributed by atoms with Gasteiger partial charge in [-0.3, -0.25) is 14.4 Å². The van der Waals surface area contributed by atoms with Gasteiger partial charge in [-0.15, -0.1) is 22.7 Å². The molecule has 0 fully saturated rings. The summed E-state index contributed by atoms with van der Waals surface area (Å²) in [5.74, 6) is -2.19. The largest absolute Gasteiger partial charge is 0.464 e. The van der Waals surface area contributed by atoms with Gasteiger partial charge in [0.15, 0.2) is 6.61 Å². The number of amides is 2. The van der Waals surface area contributed by atoms with E-state index in [0.29, 0.717) is 16.3 Å². The van der Waals surface area contributed by atoms with Crippen molar-refractivity contribution in [1.29, 1.82) is 0 Å². The Kier molecular flexibility index (Phi) is 8.04. The summed E-state index contributed by atoms with van der Waals surface area (Å²) in [7, 11) is 0. The average Bonchev–Trinajstić information content (AvgIpc) is 3.61. The van der Waals surface area contributed by atoms with Crippen molar-refractivity contribution in [2.45, 2.75) is 6.92 Å². The van der Waals surface area contributed by atoms with Crippen molar-refractivity contribution in [1.82, 2.24) is 5.32 Å². The smallest absolute Gasteiger partial charge is 0.341 e. The lowest BCUT2D eigenvalue weighted by Gasteiger charge is -2.09. The van der Waals surface area contributed by atoms with Gasteiger partial charge in [-0.1, -0.05) is 29.8 Å². The van der Waals surface area contributed by atoms with Crippen molar-refractivity contribution in [3.63, 3.8) is 0 Å². The molecule has 2 amide bonds. The number of fused-ring (bicyclic) bond motifs is 1. The summed E-state index contributed by atoms with van der Waals surface area (Å²) in [6.07, 6.45) is 1.47. The summed E-state index contributed by atoms with van der Waals surface area (Å²) < 4.78 is 16.3. The summed E-state index contributed by atoms with van der Waals surface area (Å²) in [5.41, 5.74) is 0.613. The molecular weight excluding hydrogens is 528 g/mol. The van der Waals surface area contributed by atoms with Crippen LogP contribution in [-0.2, 0) is 19.1 Å². The van der Waals surface area contributed by atoms with E-state index in [9.17, 15) is 19.2 Å². The average molecular weight is 547 g/mol. The van der Waals surface area contributed by atoms with Crippen LogP contribution in [0.4, 0.5) is 5.00 Å². The minimum Gasteiger partial charge on any atom is -0.464 e. The minimum absolute atomic E-state index is 0.143. The van der Waals surface area contributed by atoms with Crippen LogP contribution >= 0.6 is 34.3 Å². The number of hydrogen-bond acceptors (Lipinski definition) is 9. The zero-order chi connectivity index (χ0) is 25.7. The molecule has 9 nitrogen and oxygen atoms in total. The number of ether oxygens (including phenoxy) is 2. The molecule has 3 aromatic heterocycles. The molecule has 0 bridgehead atoms. The van der Waals surface area contributed by atoms with Gasteiger partial charge in [-0.2, -0.15) is 0 Å². The molecule has 0 aliphatic heterocycles. The van der Waals surface area contributed by atoms with Crippen LogP contribution in [0.15, 0.2) is 52.5 Å². The molecule has 0 atom stereocenters. The number of hydrogen-bond donors (Lipinski definition) is 2. The van der Waals surface area contributed by atoms with Crippen molar-refractivity contribution >= 4 is 73.1 Å². The van der Waals surface area contributed by atoms with Crippen LogP contribution in [0.5, 0.6) is 0 Å². The van der Waals surface area contributed by atoms with Gasteiger partial charge in [-0.25, -0.2) is 4.79 Å². The lowest BCUT2D eigenvalue weighted by molar-refractivity contribution is -0.146. The first kappa shape index (κ1) is 25.4. The summed E-state index contributed by atoms with van der Waals surface area (Å²) in [4.78, 5) is 49.7. The standard InChI is InChI=1S/C24H19ClN2O7S2/c1-2-32-24(31)19-14(15-7-5-9-33-15)12-35-23(19)27-17(28)11-34-18(29)10-26-22(30)21-20(25)13-6-3-4-8-16(13)36-21/h3-9,12H,2,10-11H2,1H3,(H,26,30)(H,27,28). The predicted molar refractivity (Wildman–Crippen MR) is 137 cm³/mol. The molecular formula is C24H19ClN2O7S2. The number of furan rings is 1. The van der Waals surface area contributed by atoms with E-state index in [4.69, 9.17) is 25.5 Å². The van der Waals surface area contributed by atoms with Crippen molar-refractivity contribution in [2.75, 3.05) is 25.1 Å². The fraction of sp³-hybridized carbons (Fsp3) is 0.167. The molecule has 0 radical (unpaired) electrons. The molecule has 0 spiro atoms. The fourth-order valence-electron chi connectivity index (χ4n) is 3.22. The summed E-state index contributed by atoms with van der Waals surface area (Å²) in [5, 5.41) is 7.94. The maximum Gasteiger partial charge on any atom is 0.341 e. The Bertz CT molecular complexity index is 1430. The third-order valence-corrected chi connectivity index (χ3v) is 7.38.